The van der Waals surface area contributed by atoms with Crippen LogP contribution in [0.5, 0.6) is 0 Å². The van der Waals surface area contributed by atoms with Gasteiger partial charge >= 0.3 is 5.97 Å². The lowest BCUT2D eigenvalue weighted by atomic mass is 10.1. The number of aromatic nitrogens is 2. The Kier molecular flexibility index (Phi) is 3.11. The van der Waals surface area contributed by atoms with Crippen molar-refractivity contribution in [3.8, 4) is 0 Å². The first kappa shape index (κ1) is 12.0. The van der Waals surface area contributed by atoms with E-state index in [2.05, 4.69) is 10.2 Å². The zero-order valence-electron chi connectivity index (χ0n) is 10.7. The van der Waals surface area contributed by atoms with E-state index in [-0.39, 0.29) is 5.97 Å². The Balaban J connectivity index is 1.75. The summed E-state index contributed by atoms with van der Waals surface area (Å²) in [7, 11) is 0. The van der Waals surface area contributed by atoms with Gasteiger partial charge in [0.25, 0.3) is 0 Å². The number of hydrogen-bond donors (Lipinski definition) is 2. The summed E-state index contributed by atoms with van der Waals surface area (Å²) < 4.78 is 5.36. The molecule has 5 heteroatoms. The van der Waals surface area contributed by atoms with Crippen molar-refractivity contribution < 1.29 is 9.53 Å². The molecule has 1 aromatic heterocycles. The van der Waals surface area contributed by atoms with Gasteiger partial charge in [0.1, 0.15) is 0 Å². The van der Waals surface area contributed by atoms with Crippen molar-refractivity contribution in [3.05, 3.63) is 23.9 Å². The lowest BCUT2D eigenvalue weighted by Crippen LogP contribution is -2.12. The first-order valence-electron chi connectivity index (χ1n) is 6.65. The molecule has 1 heterocycles. The van der Waals surface area contributed by atoms with Crippen molar-refractivity contribution in [1.29, 1.82) is 0 Å². The number of aromatic amines is 1. The van der Waals surface area contributed by atoms with Crippen LogP contribution in [0.15, 0.2) is 18.2 Å². The van der Waals surface area contributed by atoms with Gasteiger partial charge in [0.15, 0.2) is 5.69 Å². The van der Waals surface area contributed by atoms with Gasteiger partial charge in [-0.2, -0.15) is 5.10 Å². The van der Waals surface area contributed by atoms with Crippen molar-refractivity contribution in [2.24, 2.45) is 5.92 Å². The first-order chi connectivity index (χ1) is 9.24. The van der Waals surface area contributed by atoms with E-state index in [1.165, 1.54) is 12.8 Å². The summed E-state index contributed by atoms with van der Waals surface area (Å²) in [5, 5.41) is 7.56. The van der Waals surface area contributed by atoms with Gasteiger partial charge in [0.05, 0.1) is 12.1 Å². The highest BCUT2D eigenvalue weighted by Gasteiger charge is 2.20. The summed E-state index contributed by atoms with van der Waals surface area (Å²) in [6, 6.07) is 5.32. The van der Waals surface area contributed by atoms with Crippen molar-refractivity contribution in [1.82, 2.24) is 10.2 Å². The number of carbonyl (C=O) groups excluding carboxylic acids is 1. The molecule has 19 heavy (non-hydrogen) atoms. The second-order valence-corrected chi connectivity index (χ2v) is 5.13. The van der Waals surface area contributed by atoms with Crippen LogP contribution in [0.4, 0.5) is 5.69 Å². The quantitative estimate of drug-likeness (QED) is 0.655. The van der Waals surface area contributed by atoms with Gasteiger partial charge < -0.3 is 10.5 Å². The molecular formula is C14H17N3O2. The molecule has 0 aliphatic heterocycles. The molecular weight excluding hydrogens is 242 g/mol. The highest BCUT2D eigenvalue weighted by atomic mass is 16.5. The van der Waals surface area contributed by atoms with E-state index in [1.54, 1.807) is 12.1 Å². The number of nitrogen functional groups attached to an aromatic ring is 1. The first-order valence-corrected chi connectivity index (χ1v) is 6.65. The fourth-order valence-electron chi connectivity index (χ4n) is 2.63. The maximum Gasteiger partial charge on any atom is 0.359 e. The van der Waals surface area contributed by atoms with Crippen LogP contribution in [0.1, 0.15) is 36.2 Å². The smallest absolute Gasteiger partial charge is 0.359 e. The molecule has 1 aromatic carbocycles. The van der Waals surface area contributed by atoms with E-state index in [1.807, 2.05) is 6.07 Å². The number of esters is 1. The molecule has 3 N–H and O–H groups in total. The number of carbonyl (C=O) groups is 1. The molecule has 0 radical (unpaired) electrons. The molecule has 1 saturated carbocycles. The number of rotatable bonds is 3. The predicted molar refractivity (Wildman–Crippen MR) is 72.7 cm³/mol. The third kappa shape index (κ3) is 2.41. The minimum Gasteiger partial charge on any atom is -0.461 e. The molecule has 0 amide bonds. The van der Waals surface area contributed by atoms with Gasteiger partial charge in [-0.15, -0.1) is 0 Å². The number of nitrogens with one attached hydrogen (secondary N) is 1. The van der Waals surface area contributed by atoms with Crippen LogP contribution in [0.2, 0.25) is 0 Å². The van der Waals surface area contributed by atoms with Gasteiger partial charge in [0, 0.05) is 11.1 Å². The van der Waals surface area contributed by atoms with E-state index in [0.717, 1.165) is 23.7 Å². The number of nitrogens with zero attached hydrogens (tertiary/aromatic N) is 1. The normalized spacial score (nSPS) is 16.0. The Morgan fingerprint density at radius 2 is 2.21 bits per heavy atom. The van der Waals surface area contributed by atoms with Gasteiger partial charge in [-0.25, -0.2) is 4.79 Å². The lowest BCUT2D eigenvalue weighted by molar-refractivity contribution is 0.0438. The third-order valence-corrected chi connectivity index (χ3v) is 3.71. The number of ether oxygens (including phenoxy) is 1. The second kappa shape index (κ2) is 4.91. The van der Waals surface area contributed by atoms with E-state index < -0.39 is 0 Å². The highest BCUT2D eigenvalue weighted by molar-refractivity contribution is 6.02. The van der Waals surface area contributed by atoms with Crippen molar-refractivity contribution >= 4 is 22.6 Å². The van der Waals surface area contributed by atoms with Crippen LogP contribution < -0.4 is 5.73 Å². The molecule has 2 aromatic rings. The molecule has 0 atom stereocenters. The Labute approximate surface area is 111 Å². The zero-order chi connectivity index (χ0) is 13.2. The van der Waals surface area contributed by atoms with Gasteiger partial charge in [-0.1, -0.05) is 12.8 Å². The maximum atomic E-state index is 12.0. The van der Waals surface area contributed by atoms with Crippen LogP contribution in [0, 0.1) is 5.92 Å². The van der Waals surface area contributed by atoms with E-state index in [9.17, 15) is 4.79 Å². The number of fused-ring (bicyclic) bond motifs is 1. The molecule has 3 rings (SSSR count). The topological polar surface area (TPSA) is 81.0 Å². The van der Waals surface area contributed by atoms with Gasteiger partial charge in [-0.05, 0) is 37.0 Å². The summed E-state index contributed by atoms with van der Waals surface area (Å²) in [4.78, 5) is 12.0. The number of H-pyrrole nitrogens is 1. The monoisotopic (exact) mass is 259 g/mol. The van der Waals surface area contributed by atoms with Crippen LogP contribution in [0.3, 0.4) is 0 Å². The Morgan fingerprint density at radius 3 is 3.00 bits per heavy atom. The van der Waals surface area contributed by atoms with E-state index >= 15 is 0 Å². The molecule has 0 unspecified atom stereocenters. The Bertz CT molecular complexity index is 600. The summed E-state index contributed by atoms with van der Waals surface area (Å²) in [5.74, 6) is 0.142. The number of nitrogens with two attached hydrogens (primary N) is 1. The number of anilines is 1. The summed E-state index contributed by atoms with van der Waals surface area (Å²) in [5.41, 5.74) is 7.46. The van der Waals surface area contributed by atoms with Crippen molar-refractivity contribution in [3.63, 3.8) is 0 Å². The zero-order valence-corrected chi connectivity index (χ0v) is 10.7. The molecule has 0 bridgehead atoms. The highest BCUT2D eigenvalue weighted by Crippen LogP contribution is 2.25. The SMILES string of the molecule is Nc1ccc2[nH]nc(C(=O)OCC3CCCC3)c2c1. The van der Waals surface area contributed by atoms with Crippen LogP contribution in [0.25, 0.3) is 10.9 Å². The third-order valence-electron chi connectivity index (χ3n) is 3.71. The van der Waals surface area contributed by atoms with Crippen molar-refractivity contribution in [2.45, 2.75) is 25.7 Å². The van der Waals surface area contributed by atoms with E-state index in [4.69, 9.17) is 10.5 Å². The van der Waals surface area contributed by atoms with Crippen molar-refractivity contribution in [2.75, 3.05) is 12.3 Å². The molecule has 1 aliphatic rings. The van der Waals surface area contributed by atoms with E-state index in [0.29, 0.717) is 23.9 Å². The number of benzene rings is 1. The maximum absolute atomic E-state index is 12.0. The van der Waals surface area contributed by atoms with Crippen LogP contribution in [-0.4, -0.2) is 22.8 Å². The summed E-state index contributed by atoms with van der Waals surface area (Å²) >= 11 is 0. The molecule has 1 aliphatic carbocycles. The molecule has 100 valence electrons. The average Bonchev–Trinajstić information content (AvgIpc) is 3.04. The standard InChI is InChI=1S/C14H17N3O2/c15-10-5-6-12-11(7-10)13(17-16-12)14(18)19-8-9-3-1-2-4-9/h5-7,9H,1-4,8,15H2,(H,16,17). The molecule has 1 fully saturated rings. The van der Waals surface area contributed by atoms with Crippen LogP contribution >= 0.6 is 0 Å². The summed E-state index contributed by atoms with van der Waals surface area (Å²) in [6.45, 7) is 0.496. The Hall–Kier alpha value is -2.04. The molecule has 0 saturated heterocycles. The molecule has 0 spiro atoms. The largest absolute Gasteiger partial charge is 0.461 e. The van der Waals surface area contributed by atoms with Gasteiger partial charge in [-0.3, -0.25) is 5.10 Å². The average molecular weight is 259 g/mol. The molecule has 5 nitrogen and oxygen atoms in total. The van der Waals surface area contributed by atoms with Crippen LogP contribution in [-0.2, 0) is 4.74 Å². The Morgan fingerprint density at radius 1 is 1.42 bits per heavy atom. The fourth-order valence-corrected chi connectivity index (χ4v) is 2.63. The lowest BCUT2D eigenvalue weighted by Gasteiger charge is -2.08. The minimum absolute atomic E-state index is 0.320. The fraction of sp³-hybridized carbons (Fsp3) is 0.429. The minimum atomic E-state index is -0.372. The second-order valence-electron chi connectivity index (χ2n) is 5.13. The predicted octanol–water partition coefficient (Wildman–Crippen LogP) is 2.49. The number of hydrogen-bond acceptors (Lipinski definition) is 4. The summed E-state index contributed by atoms with van der Waals surface area (Å²) in [6.07, 6.45) is 4.79. The van der Waals surface area contributed by atoms with Gasteiger partial charge in [0.2, 0.25) is 0 Å².